The van der Waals surface area contributed by atoms with Crippen molar-refractivity contribution in [2.24, 2.45) is 0 Å². The first-order valence-corrected chi connectivity index (χ1v) is 10.6. The van der Waals surface area contributed by atoms with E-state index in [4.69, 9.17) is 8.83 Å². The molecule has 3 nitrogen and oxygen atoms in total. The number of aromatic nitrogens is 1. The van der Waals surface area contributed by atoms with Crippen molar-refractivity contribution in [2.45, 2.75) is 39.2 Å². The van der Waals surface area contributed by atoms with E-state index < -0.39 is 0 Å². The maximum absolute atomic E-state index is 6.31. The molecule has 3 heteroatoms. The molecular weight excluding hydrogens is 358 g/mol. The van der Waals surface area contributed by atoms with Gasteiger partial charge in [-0.25, -0.2) is 0 Å². The predicted octanol–water partition coefficient (Wildman–Crippen LogP) is 6.88. The van der Waals surface area contributed by atoms with Crippen LogP contribution in [0.15, 0.2) is 51.3 Å². The van der Waals surface area contributed by atoms with Crippen molar-refractivity contribution in [2.75, 3.05) is 0 Å². The fourth-order valence-electron chi connectivity index (χ4n) is 5.52. The quantitative estimate of drug-likeness (QED) is 0.318. The molecule has 0 spiro atoms. The minimum Gasteiger partial charge on any atom is -0.460 e. The highest BCUT2D eigenvalue weighted by atomic mass is 16.3. The molecule has 0 fully saturated rings. The van der Waals surface area contributed by atoms with Crippen LogP contribution in [0.5, 0.6) is 0 Å². The molecule has 0 amide bonds. The number of benzene rings is 2. The number of nitrogens with zero attached hydrogens (tertiary/aromatic N) is 1. The van der Waals surface area contributed by atoms with Crippen LogP contribution < -0.4 is 0 Å². The summed E-state index contributed by atoms with van der Waals surface area (Å²) >= 11 is 0. The van der Waals surface area contributed by atoms with Gasteiger partial charge in [0.15, 0.2) is 0 Å². The van der Waals surface area contributed by atoms with E-state index >= 15 is 0 Å². The molecule has 0 aliphatic heterocycles. The van der Waals surface area contributed by atoms with E-state index in [1.165, 1.54) is 44.1 Å². The highest BCUT2D eigenvalue weighted by Crippen LogP contribution is 2.47. The molecule has 3 heterocycles. The minimum absolute atomic E-state index is 0.960. The van der Waals surface area contributed by atoms with Crippen LogP contribution in [-0.2, 0) is 25.8 Å². The molecular formula is C26H21NO2. The van der Waals surface area contributed by atoms with Gasteiger partial charge in [-0.1, -0.05) is 30.4 Å². The summed E-state index contributed by atoms with van der Waals surface area (Å²) in [5.41, 5.74) is 8.63. The van der Waals surface area contributed by atoms with Crippen LogP contribution in [0.4, 0.5) is 0 Å². The van der Waals surface area contributed by atoms with Crippen molar-refractivity contribution in [1.82, 2.24) is 4.57 Å². The fourth-order valence-corrected chi connectivity index (χ4v) is 5.52. The van der Waals surface area contributed by atoms with Crippen molar-refractivity contribution in [1.29, 1.82) is 0 Å². The molecule has 5 aromatic rings. The number of rotatable bonds is 1. The Morgan fingerprint density at radius 2 is 1.76 bits per heavy atom. The summed E-state index contributed by atoms with van der Waals surface area (Å²) in [4.78, 5) is 0. The van der Waals surface area contributed by atoms with E-state index in [2.05, 4.69) is 60.0 Å². The maximum atomic E-state index is 6.31. The highest BCUT2D eigenvalue weighted by molar-refractivity contribution is 6.11. The maximum Gasteiger partial charge on any atom is 0.135 e. The second kappa shape index (κ2) is 5.44. The Kier molecular flexibility index (Phi) is 2.95. The Labute approximate surface area is 168 Å². The molecule has 0 bridgehead atoms. The van der Waals surface area contributed by atoms with Crippen molar-refractivity contribution in [3.8, 4) is 11.1 Å². The van der Waals surface area contributed by atoms with Gasteiger partial charge in [0.25, 0.3) is 0 Å². The lowest BCUT2D eigenvalue weighted by atomic mass is 9.91. The van der Waals surface area contributed by atoms with E-state index in [1.54, 1.807) is 0 Å². The second-order valence-corrected chi connectivity index (χ2v) is 8.21. The molecule has 7 rings (SSSR count). The lowest BCUT2D eigenvalue weighted by Gasteiger charge is -2.15. The van der Waals surface area contributed by atoms with Gasteiger partial charge in [0, 0.05) is 63.4 Å². The van der Waals surface area contributed by atoms with Crippen molar-refractivity contribution < 1.29 is 8.83 Å². The SMILES string of the molecule is CCn1c2c(c3cc4oc5c(c4cc31)C=CCC5)-c1c(oc3ccccc13)CC2. The van der Waals surface area contributed by atoms with Crippen molar-refractivity contribution in [3.63, 3.8) is 0 Å². The number of hydrogen-bond donors (Lipinski definition) is 0. The van der Waals surface area contributed by atoms with Gasteiger partial charge in [-0.05, 0) is 38.0 Å². The number of furan rings is 2. The van der Waals surface area contributed by atoms with Crippen LogP contribution in [0, 0.1) is 0 Å². The molecule has 0 saturated carbocycles. The predicted molar refractivity (Wildman–Crippen MR) is 117 cm³/mol. The zero-order chi connectivity index (χ0) is 19.1. The van der Waals surface area contributed by atoms with E-state index in [0.29, 0.717) is 0 Å². The van der Waals surface area contributed by atoms with Gasteiger partial charge < -0.3 is 13.4 Å². The molecule has 0 unspecified atom stereocenters. The summed E-state index contributed by atoms with van der Waals surface area (Å²) in [5.74, 6) is 2.25. The molecule has 0 saturated heterocycles. The normalized spacial score (nSPS) is 15.2. The van der Waals surface area contributed by atoms with E-state index in [0.717, 1.165) is 54.9 Å². The van der Waals surface area contributed by atoms with E-state index in [9.17, 15) is 0 Å². The van der Waals surface area contributed by atoms with Crippen LogP contribution >= 0.6 is 0 Å². The molecule has 0 radical (unpaired) electrons. The number of hydrogen-bond acceptors (Lipinski definition) is 2. The molecule has 0 atom stereocenters. The topological polar surface area (TPSA) is 31.2 Å². The summed E-state index contributed by atoms with van der Waals surface area (Å²) in [6.45, 7) is 3.22. The Morgan fingerprint density at radius 1 is 0.862 bits per heavy atom. The van der Waals surface area contributed by atoms with Crippen LogP contribution in [0.1, 0.15) is 36.1 Å². The summed E-state index contributed by atoms with van der Waals surface area (Å²) < 4.78 is 15.1. The summed E-state index contributed by atoms with van der Waals surface area (Å²) in [6, 6.07) is 13.1. The van der Waals surface area contributed by atoms with Crippen LogP contribution in [0.3, 0.4) is 0 Å². The van der Waals surface area contributed by atoms with E-state index in [1.807, 2.05) is 0 Å². The molecule has 142 valence electrons. The van der Waals surface area contributed by atoms with Gasteiger partial charge in [0.05, 0.1) is 0 Å². The summed E-state index contributed by atoms with van der Waals surface area (Å²) in [6.07, 6.45) is 8.53. The number of fused-ring (bicyclic) bond motifs is 10. The molecule has 2 aliphatic rings. The third-order valence-electron chi connectivity index (χ3n) is 6.74. The first-order chi connectivity index (χ1) is 14.3. The van der Waals surface area contributed by atoms with Gasteiger partial charge in [0.1, 0.15) is 22.7 Å². The lowest BCUT2D eigenvalue weighted by molar-refractivity contribution is 0.540. The first-order valence-electron chi connectivity index (χ1n) is 10.6. The van der Waals surface area contributed by atoms with Gasteiger partial charge >= 0.3 is 0 Å². The van der Waals surface area contributed by atoms with Crippen LogP contribution in [0.25, 0.3) is 50.0 Å². The largest absolute Gasteiger partial charge is 0.460 e. The van der Waals surface area contributed by atoms with Crippen molar-refractivity contribution in [3.05, 3.63) is 65.3 Å². The zero-order valence-electron chi connectivity index (χ0n) is 16.4. The number of allylic oxidation sites excluding steroid dienone is 1. The standard InChI is InChI=1S/C26H21NO2/c1-2-27-19-11-12-23-26(16-8-4-6-10-22(16)28-23)25(19)18-14-24-17(13-20(18)27)15-7-3-5-9-21(15)29-24/h3-4,6-8,10,13-14H,2,5,9,11-12H2,1H3. The zero-order valence-corrected chi connectivity index (χ0v) is 16.4. The van der Waals surface area contributed by atoms with Gasteiger partial charge in [-0.2, -0.15) is 0 Å². The average Bonchev–Trinajstić information content (AvgIpc) is 3.40. The van der Waals surface area contributed by atoms with Crippen LogP contribution in [-0.4, -0.2) is 4.57 Å². The number of aryl methyl sites for hydroxylation is 3. The second-order valence-electron chi connectivity index (χ2n) is 8.21. The van der Waals surface area contributed by atoms with Gasteiger partial charge in [-0.15, -0.1) is 0 Å². The third kappa shape index (κ3) is 1.93. The molecule has 29 heavy (non-hydrogen) atoms. The third-order valence-corrected chi connectivity index (χ3v) is 6.74. The molecule has 2 aliphatic carbocycles. The Morgan fingerprint density at radius 3 is 2.69 bits per heavy atom. The minimum atomic E-state index is 0.960. The van der Waals surface area contributed by atoms with Crippen molar-refractivity contribution >= 4 is 38.9 Å². The lowest BCUT2D eigenvalue weighted by Crippen LogP contribution is -2.07. The molecule has 0 N–H and O–H groups in total. The molecule has 2 aromatic carbocycles. The fraction of sp³-hybridized carbons (Fsp3) is 0.231. The summed E-state index contributed by atoms with van der Waals surface area (Å²) in [7, 11) is 0. The first kappa shape index (κ1) is 15.7. The van der Waals surface area contributed by atoms with E-state index in [-0.39, 0.29) is 0 Å². The van der Waals surface area contributed by atoms with Gasteiger partial charge in [-0.3, -0.25) is 0 Å². The van der Waals surface area contributed by atoms with Crippen LogP contribution in [0.2, 0.25) is 0 Å². The number of para-hydroxylation sites is 1. The monoisotopic (exact) mass is 379 g/mol. The Bertz CT molecular complexity index is 1490. The molecule has 3 aromatic heterocycles. The average molecular weight is 379 g/mol. The smallest absolute Gasteiger partial charge is 0.135 e. The Balaban J connectivity index is 1.64. The Hall–Kier alpha value is -3.20. The van der Waals surface area contributed by atoms with Gasteiger partial charge in [0.2, 0.25) is 0 Å². The summed E-state index contributed by atoms with van der Waals surface area (Å²) in [5, 5.41) is 3.75. The highest BCUT2D eigenvalue weighted by Gasteiger charge is 2.29.